The number of nitrogen functional groups attached to an aromatic ring is 1. The number of aromatic nitrogens is 1. The highest BCUT2D eigenvalue weighted by molar-refractivity contribution is 7.11. The first-order chi connectivity index (χ1) is 8.97. The SMILES string of the molecule is Cc1nc(CNC(=O)c2cc(F)ccc2N)sc1C. The highest BCUT2D eigenvalue weighted by Gasteiger charge is 2.11. The molecule has 4 nitrogen and oxygen atoms in total. The van der Waals surface area contributed by atoms with E-state index in [0.717, 1.165) is 21.6 Å². The Hall–Kier alpha value is -1.95. The molecule has 0 radical (unpaired) electrons. The zero-order valence-corrected chi connectivity index (χ0v) is 11.5. The molecule has 6 heteroatoms. The number of amides is 1. The van der Waals surface area contributed by atoms with Gasteiger partial charge in [0.05, 0.1) is 17.8 Å². The van der Waals surface area contributed by atoms with Gasteiger partial charge < -0.3 is 11.1 Å². The number of carbonyl (C=O) groups is 1. The van der Waals surface area contributed by atoms with Crippen molar-refractivity contribution in [1.29, 1.82) is 0 Å². The number of aryl methyl sites for hydroxylation is 2. The van der Waals surface area contributed by atoms with Crippen LogP contribution in [0.25, 0.3) is 0 Å². The average molecular weight is 279 g/mol. The first-order valence-corrected chi connectivity index (χ1v) is 6.55. The van der Waals surface area contributed by atoms with Crippen LogP contribution in [-0.4, -0.2) is 10.9 Å². The number of carbonyl (C=O) groups excluding carboxylic acids is 1. The van der Waals surface area contributed by atoms with E-state index >= 15 is 0 Å². The lowest BCUT2D eigenvalue weighted by Crippen LogP contribution is -2.23. The van der Waals surface area contributed by atoms with Crippen molar-refractivity contribution >= 4 is 22.9 Å². The monoisotopic (exact) mass is 279 g/mol. The Morgan fingerprint density at radius 3 is 2.84 bits per heavy atom. The lowest BCUT2D eigenvalue weighted by Gasteiger charge is -2.06. The molecule has 0 atom stereocenters. The predicted molar refractivity (Wildman–Crippen MR) is 73.6 cm³/mol. The number of rotatable bonds is 3. The third-order valence-corrected chi connectivity index (χ3v) is 3.81. The highest BCUT2D eigenvalue weighted by Crippen LogP contribution is 2.17. The summed E-state index contributed by atoms with van der Waals surface area (Å²) in [4.78, 5) is 17.3. The van der Waals surface area contributed by atoms with Crippen LogP contribution in [0.3, 0.4) is 0 Å². The number of hydrogen-bond donors (Lipinski definition) is 2. The van der Waals surface area contributed by atoms with Crippen LogP contribution in [0, 0.1) is 19.7 Å². The molecule has 1 heterocycles. The van der Waals surface area contributed by atoms with Crippen molar-refractivity contribution < 1.29 is 9.18 Å². The first kappa shape index (κ1) is 13.5. The number of nitrogens with zero attached hydrogens (tertiary/aromatic N) is 1. The van der Waals surface area contributed by atoms with Crippen LogP contribution in [0.2, 0.25) is 0 Å². The van der Waals surface area contributed by atoms with E-state index in [-0.39, 0.29) is 11.3 Å². The zero-order chi connectivity index (χ0) is 14.0. The molecule has 19 heavy (non-hydrogen) atoms. The van der Waals surface area contributed by atoms with Crippen molar-refractivity contribution in [3.05, 3.63) is 45.2 Å². The predicted octanol–water partition coefficient (Wildman–Crippen LogP) is 2.41. The fourth-order valence-corrected chi connectivity index (χ4v) is 2.46. The van der Waals surface area contributed by atoms with Crippen molar-refractivity contribution in [2.24, 2.45) is 0 Å². The molecule has 0 saturated heterocycles. The van der Waals surface area contributed by atoms with Gasteiger partial charge in [-0.1, -0.05) is 0 Å². The lowest BCUT2D eigenvalue weighted by atomic mass is 10.1. The van der Waals surface area contributed by atoms with Gasteiger partial charge >= 0.3 is 0 Å². The van der Waals surface area contributed by atoms with E-state index in [2.05, 4.69) is 10.3 Å². The minimum absolute atomic E-state index is 0.144. The van der Waals surface area contributed by atoms with E-state index in [1.165, 1.54) is 23.5 Å². The topological polar surface area (TPSA) is 68.0 Å². The molecule has 0 saturated carbocycles. The molecule has 1 amide bonds. The summed E-state index contributed by atoms with van der Waals surface area (Å²) in [5.74, 6) is -0.886. The molecular formula is C13H14FN3OS. The number of nitrogens with two attached hydrogens (primary N) is 1. The van der Waals surface area contributed by atoms with Crippen LogP contribution < -0.4 is 11.1 Å². The number of anilines is 1. The number of benzene rings is 1. The van der Waals surface area contributed by atoms with Crippen molar-refractivity contribution in [2.75, 3.05) is 5.73 Å². The van der Waals surface area contributed by atoms with Crippen LogP contribution in [0.1, 0.15) is 25.9 Å². The fraction of sp³-hybridized carbons (Fsp3) is 0.231. The van der Waals surface area contributed by atoms with Gasteiger partial charge in [-0.15, -0.1) is 11.3 Å². The maximum Gasteiger partial charge on any atom is 0.253 e. The third kappa shape index (κ3) is 3.08. The normalized spacial score (nSPS) is 10.5. The Balaban J connectivity index is 2.07. The summed E-state index contributed by atoms with van der Waals surface area (Å²) in [5, 5.41) is 3.50. The number of hydrogen-bond acceptors (Lipinski definition) is 4. The second kappa shape index (κ2) is 5.36. The summed E-state index contributed by atoms with van der Waals surface area (Å²) in [5.41, 5.74) is 7.00. The number of halogens is 1. The van der Waals surface area contributed by atoms with Crippen LogP contribution in [0.15, 0.2) is 18.2 Å². The van der Waals surface area contributed by atoms with E-state index in [1.807, 2.05) is 13.8 Å². The van der Waals surface area contributed by atoms with Crippen LogP contribution >= 0.6 is 11.3 Å². The maximum absolute atomic E-state index is 13.1. The van der Waals surface area contributed by atoms with Gasteiger partial charge in [0, 0.05) is 10.6 Å². The van der Waals surface area contributed by atoms with Gasteiger partial charge in [-0.2, -0.15) is 0 Å². The highest BCUT2D eigenvalue weighted by atomic mass is 32.1. The largest absolute Gasteiger partial charge is 0.398 e. The quantitative estimate of drug-likeness (QED) is 0.848. The molecule has 0 spiro atoms. The minimum Gasteiger partial charge on any atom is -0.398 e. The van der Waals surface area contributed by atoms with Crippen LogP contribution in [0.4, 0.5) is 10.1 Å². The van der Waals surface area contributed by atoms with Crippen molar-refractivity contribution in [3.63, 3.8) is 0 Å². The van der Waals surface area contributed by atoms with Crippen molar-refractivity contribution in [2.45, 2.75) is 20.4 Å². The minimum atomic E-state index is -0.486. The summed E-state index contributed by atoms with van der Waals surface area (Å²) in [6.45, 7) is 4.21. The summed E-state index contributed by atoms with van der Waals surface area (Å²) < 4.78 is 13.1. The summed E-state index contributed by atoms with van der Waals surface area (Å²) in [6, 6.07) is 3.73. The van der Waals surface area contributed by atoms with Gasteiger partial charge in [-0.3, -0.25) is 4.79 Å². The summed E-state index contributed by atoms with van der Waals surface area (Å²) >= 11 is 1.53. The average Bonchev–Trinajstić information content (AvgIpc) is 2.69. The molecule has 0 fully saturated rings. The van der Waals surface area contributed by atoms with E-state index in [1.54, 1.807) is 0 Å². The second-order valence-electron chi connectivity index (χ2n) is 4.16. The molecule has 0 unspecified atom stereocenters. The third-order valence-electron chi connectivity index (χ3n) is 2.73. The fourth-order valence-electron chi connectivity index (χ4n) is 1.59. The molecule has 2 rings (SSSR count). The molecule has 2 aromatic rings. The molecule has 3 N–H and O–H groups in total. The molecule has 0 aliphatic carbocycles. The van der Waals surface area contributed by atoms with E-state index < -0.39 is 11.7 Å². The van der Waals surface area contributed by atoms with Crippen LogP contribution in [-0.2, 0) is 6.54 Å². The van der Waals surface area contributed by atoms with E-state index in [9.17, 15) is 9.18 Å². The maximum atomic E-state index is 13.1. The molecule has 0 aliphatic heterocycles. The molecule has 100 valence electrons. The van der Waals surface area contributed by atoms with Crippen molar-refractivity contribution in [1.82, 2.24) is 10.3 Å². The molecule has 0 bridgehead atoms. The number of thiazole rings is 1. The molecule has 1 aromatic heterocycles. The van der Waals surface area contributed by atoms with Gasteiger partial charge in [-0.05, 0) is 32.0 Å². The summed E-state index contributed by atoms with van der Waals surface area (Å²) in [7, 11) is 0. The zero-order valence-electron chi connectivity index (χ0n) is 10.7. The van der Waals surface area contributed by atoms with Crippen molar-refractivity contribution in [3.8, 4) is 0 Å². The van der Waals surface area contributed by atoms with E-state index in [4.69, 9.17) is 5.73 Å². The van der Waals surface area contributed by atoms with Gasteiger partial charge in [0.1, 0.15) is 10.8 Å². The van der Waals surface area contributed by atoms with Gasteiger partial charge in [-0.25, -0.2) is 9.37 Å². The Bertz CT molecular complexity index is 605. The Kier molecular flexibility index (Phi) is 3.80. The molecule has 1 aromatic carbocycles. The summed E-state index contributed by atoms with van der Waals surface area (Å²) in [6.07, 6.45) is 0. The number of nitrogens with one attached hydrogen (secondary N) is 1. The first-order valence-electron chi connectivity index (χ1n) is 5.73. The molecular weight excluding hydrogens is 265 g/mol. The van der Waals surface area contributed by atoms with Gasteiger partial charge in [0.25, 0.3) is 5.91 Å². The Labute approximate surface area is 114 Å². The molecule has 0 aliphatic rings. The standard InChI is InChI=1S/C13H14FN3OS/c1-7-8(2)19-12(17-7)6-16-13(18)10-5-9(14)3-4-11(10)15/h3-5H,6,15H2,1-2H3,(H,16,18). The van der Waals surface area contributed by atoms with Gasteiger partial charge in [0.15, 0.2) is 0 Å². The smallest absolute Gasteiger partial charge is 0.253 e. The lowest BCUT2D eigenvalue weighted by molar-refractivity contribution is 0.0951. The van der Waals surface area contributed by atoms with E-state index in [0.29, 0.717) is 6.54 Å². The Morgan fingerprint density at radius 2 is 2.21 bits per heavy atom. The van der Waals surface area contributed by atoms with Crippen LogP contribution in [0.5, 0.6) is 0 Å². The Morgan fingerprint density at radius 1 is 1.47 bits per heavy atom. The van der Waals surface area contributed by atoms with Gasteiger partial charge in [0.2, 0.25) is 0 Å². The second-order valence-corrected chi connectivity index (χ2v) is 5.45.